The fraction of sp³-hybridized carbons (Fsp3) is 0.214. The van der Waals surface area contributed by atoms with E-state index in [9.17, 15) is 4.39 Å². The number of halogens is 3. The van der Waals surface area contributed by atoms with Crippen molar-refractivity contribution in [3.8, 4) is 0 Å². The van der Waals surface area contributed by atoms with Crippen molar-refractivity contribution in [2.45, 2.75) is 18.9 Å². The molecule has 0 aliphatic heterocycles. The van der Waals surface area contributed by atoms with Crippen LogP contribution in [0.4, 0.5) is 4.39 Å². The second kappa shape index (κ2) is 6.33. The van der Waals surface area contributed by atoms with Crippen LogP contribution in [0.5, 0.6) is 0 Å². The highest BCUT2D eigenvalue weighted by molar-refractivity contribution is 6.31. The zero-order chi connectivity index (χ0) is 13.8. The van der Waals surface area contributed by atoms with Crippen LogP contribution in [0.2, 0.25) is 10.0 Å². The molecule has 0 saturated heterocycles. The van der Waals surface area contributed by atoms with E-state index in [1.54, 1.807) is 18.5 Å². The average Bonchev–Trinajstić information content (AvgIpc) is 2.36. The minimum atomic E-state index is -0.348. The van der Waals surface area contributed by atoms with Gasteiger partial charge in [0.2, 0.25) is 0 Å². The number of hydrogen-bond donors (Lipinski definition) is 1. The maximum atomic E-state index is 12.9. The molecular weight excluding hydrogens is 286 g/mol. The van der Waals surface area contributed by atoms with Crippen LogP contribution in [0.25, 0.3) is 0 Å². The van der Waals surface area contributed by atoms with Crippen molar-refractivity contribution >= 4 is 23.2 Å². The number of nitrogens with two attached hydrogens (primary N) is 1. The smallest absolute Gasteiger partial charge is 0.124 e. The standard InChI is InChI=1S/C14H13Cl2FN2/c15-13-7-11(17)2-1-9(13)5-12(18)6-10-3-4-19-8-14(10)16/h1-4,7-8,12H,5-6,18H2. The molecule has 1 unspecified atom stereocenters. The predicted molar refractivity (Wildman–Crippen MR) is 76.0 cm³/mol. The van der Waals surface area contributed by atoms with Gasteiger partial charge in [-0.15, -0.1) is 0 Å². The highest BCUT2D eigenvalue weighted by atomic mass is 35.5. The molecule has 2 aromatic rings. The molecule has 0 aliphatic rings. The SMILES string of the molecule is NC(Cc1ccncc1Cl)Cc1ccc(F)cc1Cl. The van der Waals surface area contributed by atoms with Crippen LogP contribution in [0, 0.1) is 5.82 Å². The molecule has 2 N–H and O–H groups in total. The minimum Gasteiger partial charge on any atom is -0.327 e. The van der Waals surface area contributed by atoms with Gasteiger partial charge in [0.1, 0.15) is 5.82 Å². The monoisotopic (exact) mass is 298 g/mol. The molecule has 5 heteroatoms. The van der Waals surface area contributed by atoms with Gasteiger partial charge in [-0.2, -0.15) is 0 Å². The number of aromatic nitrogens is 1. The van der Waals surface area contributed by atoms with Crippen LogP contribution in [0.1, 0.15) is 11.1 Å². The van der Waals surface area contributed by atoms with E-state index in [4.69, 9.17) is 28.9 Å². The van der Waals surface area contributed by atoms with E-state index in [1.165, 1.54) is 12.1 Å². The first kappa shape index (κ1) is 14.3. The molecule has 0 bridgehead atoms. The molecule has 1 aromatic carbocycles. The van der Waals surface area contributed by atoms with Gasteiger partial charge in [-0.25, -0.2) is 4.39 Å². The first-order valence-corrected chi connectivity index (χ1v) is 6.59. The largest absolute Gasteiger partial charge is 0.327 e. The number of rotatable bonds is 4. The Balaban J connectivity index is 2.05. The molecule has 0 amide bonds. The third kappa shape index (κ3) is 3.90. The van der Waals surface area contributed by atoms with Gasteiger partial charge in [-0.05, 0) is 42.2 Å². The Morgan fingerprint density at radius 1 is 1.11 bits per heavy atom. The van der Waals surface area contributed by atoms with Gasteiger partial charge in [0, 0.05) is 23.5 Å². The van der Waals surface area contributed by atoms with Crippen LogP contribution in [-0.2, 0) is 12.8 Å². The highest BCUT2D eigenvalue weighted by Crippen LogP contribution is 2.20. The van der Waals surface area contributed by atoms with E-state index in [-0.39, 0.29) is 11.9 Å². The fourth-order valence-electron chi connectivity index (χ4n) is 1.89. The summed E-state index contributed by atoms with van der Waals surface area (Å²) in [5.74, 6) is -0.348. The van der Waals surface area contributed by atoms with Crippen molar-refractivity contribution in [3.05, 3.63) is 63.6 Å². The van der Waals surface area contributed by atoms with Gasteiger partial charge in [-0.3, -0.25) is 4.98 Å². The third-order valence-electron chi connectivity index (χ3n) is 2.84. The maximum absolute atomic E-state index is 12.9. The van der Waals surface area contributed by atoms with E-state index >= 15 is 0 Å². The molecule has 1 aromatic heterocycles. The molecule has 2 rings (SSSR count). The summed E-state index contributed by atoms with van der Waals surface area (Å²) in [5, 5.41) is 0.999. The lowest BCUT2D eigenvalue weighted by Crippen LogP contribution is -2.25. The summed E-state index contributed by atoms with van der Waals surface area (Å²) < 4.78 is 12.9. The summed E-state index contributed by atoms with van der Waals surface area (Å²) in [7, 11) is 0. The van der Waals surface area contributed by atoms with Crippen molar-refractivity contribution in [1.29, 1.82) is 0 Å². The van der Waals surface area contributed by atoms with Gasteiger partial charge >= 0.3 is 0 Å². The van der Waals surface area contributed by atoms with Crippen LogP contribution in [-0.4, -0.2) is 11.0 Å². The average molecular weight is 299 g/mol. The second-order valence-corrected chi connectivity index (χ2v) is 5.19. The summed E-state index contributed by atoms with van der Waals surface area (Å²) in [6.45, 7) is 0. The summed E-state index contributed by atoms with van der Waals surface area (Å²) in [4.78, 5) is 3.92. The molecule has 0 aliphatic carbocycles. The Labute approximate surface area is 121 Å². The highest BCUT2D eigenvalue weighted by Gasteiger charge is 2.10. The number of pyridine rings is 1. The molecule has 19 heavy (non-hydrogen) atoms. The molecule has 0 spiro atoms. The van der Waals surface area contributed by atoms with Crippen molar-refractivity contribution in [1.82, 2.24) is 4.98 Å². The van der Waals surface area contributed by atoms with Gasteiger partial charge < -0.3 is 5.73 Å². The summed E-state index contributed by atoms with van der Waals surface area (Å²) in [6, 6.07) is 6.04. The molecular formula is C14H13Cl2FN2. The Hall–Kier alpha value is -1.16. The van der Waals surface area contributed by atoms with E-state index in [0.717, 1.165) is 11.1 Å². The van der Waals surface area contributed by atoms with E-state index in [0.29, 0.717) is 22.9 Å². The Bertz CT molecular complexity index is 575. The Morgan fingerprint density at radius 3 is 2.42 bits per heavy atom. The number of hydrogen-bond acceptors (Lipinski definition) is 2. The third-order valence-corrected chi connectivity index (χ3v) is 3.53. The van der Waals surface area contributed by atoms with Crippen LogP contribution < -0.4 is 5.73 Å². The predicted octanol–water partition coefficient (Wildman–Crippen LogP) is 3.64. The van der Waals surface area contributed by atoms with Crippen molar-refractivity contribution in [2.24, 2.45) is 5.73 Å². The molecule has 0 fully saturated rings. The lowest BCUT2D eigenvalue weighted by Gasteiger charge is -2.13. The van der Waals surface area contributed by atoms with Crippen LogP contribution in [0.3, 0.4) is 0 Å². The summed E-state index contributed by atoms with van der Waals surface area (Å²) >= 11 is 12.0. The van der Waals surface area contributed by atoms with E-state index < -0.39 is 0 Å². The van der Waals surface area contributed by atoms with Crippen molar-refractivity contribution in [2.75, 3.05) is 0 Å². The summed E-state index contributed by atoms with van der Waals surface area (Å²) in [5.41, 5.74) is 7.86. The maximum Gasteiger partial charge on any atom is 0.124 e. The lowest BCUT2D eigenvalue weighted by molar-refractivity contribution is 0.623. The first-order chi connectivity index (χ1) is 9.06. The quantitative estimate of drug-likeness (QED) is 0.936. The summed E-state index contributed by atoms with van der Waals surface area (Å²) in [6.07, 6.45) is 4.46. The van der Waals surface area contributed by atoms with E-state index in [2.05, 4.69) is 4.98 Å². The fourth-order valence-corrected chi connectivity index (χ4v) is 2.33. The van der Waals surface area contributed by atoms with Crippen molar-refractivity contribution < 1.29 is 4.39 Å². The Morgan fingerprint density at radius 2 is 1.79 bits per heavy atom. The molecule has 100 valence electrons. The van der Waals surface area contributed by atoms with E-state index in [1.807, 2.05) is 6.07 Å². The normalized spacial score (nSPS) is 12.4. The molecule has 1 atom stereocenters. The minimum absolute atomic E-state index is 0.136. The van der Waals surface area contributed by atoms with Gasteiger partial charge in [0.25, 0.3) is 0 Å². The van der Waals surface area contributed by atoms with Gasteiger partial charge in [-0.1, -0.05) is 29.3 Å². The Kier molecular flexibility index (Phi) is 4.75. The van der Waals surface area contributed by atoms with Gasteiger partial charge in [0.05, 0.1) is 5.02 Å². The molecule has 2 nitrogen and oxygen atoms in total. The molecule has 1 heterocycles. The van der Waals surface area contributed by atoms with Crippen LogP contribution in [0.15, 0.2) is 36.7 Å². The number of nitrogens with zero attached hydrogens (tertiary/aromatic N) is 1. The zero-order valence-electron chi connectivity index (χ0n) is 10.1. The van der Waals surface area contributed by atoms with Crippen molar-refractivity contribution in [3.63, 3.8) is 0 Å². The lowest BCUT2D eigenvalue weighted by atomic mass is 10.0. The zero-order valence-corrected chi connectivity index (χ0v) is 11.6. The van der Waals surface area contributed by atoms with Crippen LogP contribution >= 0.6 is 23.2 Å². The number of benzene rings is 1. The topological polar surface area (TPSA) is 38.9 Å². The second-order valence-electron chi connectivity index (χ2n) is 4.37. The first-order valence-electron chi connectivity index (χ1n) is 5.84. The van der Waals surface area contributed by atoms with Gasteiger partial charge in [0.15, 0.2) is 0 Å². The molecule has 0 saturated carbocycles. The molecule has 0 radical (unpaired) electrons.